The number of alkyl halides is 2. The number of hydrogen-bond acceptors (Lipinski definition) is 2. The van der Waals surface area contributed by atoms with Crippen molar-refractivity contribution in [2.24, 2.45) is 5.73 Å². The highest BCUT2D eigenvalue weighted by atomic mass is 35.5. The van der Waals surface area contributed by atoms with Gasteiger partial charge < -0.3 is 5.73 Å². The second-order valence-electron chi connectivity index (χ2n) is 2.62. The van der Waals surface area contributed by atoms with Crippen molar-refractivity contribution < 1.29 is 8.78 Å². The summed E-state index contributed by atoms with van der Waals surface area (Å²) in [6, 6.07) is 0. The predicted octanol–water partition coefficient (Wildman–Crippen LogP) is 2.44. The second-order valence-corrected chi connectivity index (χ2v) is 2.98. The molecule has 1 rings (SSSR count). The summed E-state index contributed by atoms with van der Waals surface area (Å²) >= 11 is 5.60. The van der Waals surface area contributed by atoms with E-state index in [4.69, 9.17) is 17.3 Å². The van der Waals surface area contributed by atoms with Gasteiger partial charge in [-0.1, -0.05) is 11.6 Å². The highest BCUT2D eigenvalue weighted by molar-refractivity contribution is 6.30. The molecule has 13 heavy (non-hydrogen) atoms. The lowest BCUT2D eigenvalue weighted by Gasteiger charge is -2.10. The third-order valence-electron chi connectivity index (χ3n) is 1.83. The van der Waals surface area contributed by atoms with Gasteiger partial charge in [-0.15, -0.1) is 0 Å². The standard InChI is InChI=1S/C8H9ClF2N2/c1-4-6(8(10)11)5(2-12)3-13-7(4)9/h3,8H,2,12H2,1H3. The van der Waals surface area contributed by atoms with E-state index in [1.807, 2.05) is 0 Å². The molecule has 0 atom stereocenters. The van der Waals surface area contributed by atoms with E-state index in [2.05, 4.69) is 4.98 Å². The van der Waals surface area contributed by atoms with Crippen LogP contribution >= 0.6 is 11.6 Å². The maximum Gasteiger partial charge on any atom is 0.264 e. The number of pyridine rings is 1. The first-order valence-corrected chi connectivity index (χ1v) is 4.07. The Labute approximate surface area is 79.7 Å². The van der Waals surface area contributed by atoms with E-state index >= 15 is 0 Å². The van der Waals surface area contributed by atoms with Gasteiger partial charge in [0.2, 0.25) is 0 Å². The first-order chi connectivity index (χ1) is 6.07. The molecule has 1 heterocycles. The van der Waals surface area contributed by atoms with E-state index in [-0.39, 0.29) is 17.3 Å². The van der Waals surface area contributed by atoms with Gasteiger partial charge in [0, 0.05) is 18.3 Å². The summed E-state index contributed by atoms with van der Waals surface area (Å²) in [5.74, 6) is 0. The number of nitrogens with two attached hydrogens (primary N) is 1. The van der Waals surface area contributed by atoms with Gasteiger partial charge in [0.25, 0.3) is 6.43 Å². The van der Waals surface area contributed by atoms with Crippen molar-refractivity contribution in [3.8, 4) is 0 Å². The third kappa shape index (κ3) is 1.95. The minimum Gasteiger partial charge on any atom is -0.326 e. The average Bonchev–Trinajstić information content (AvgIpc) is 2.08. The molecule has 0 radical (unpaired) electrons. The minimum atomic E-state index is -2.56. The van der Waals surface area contributed by atoms with Crippen molar-refractivity contribution >= 4 is 11.6 Å². The highest BCUT2D eigenvalue weighted by Gasteiger charge is 2.17. The van der Waals surface area contributed by atoms with Gasteiger partial charge in [-0.2, -0.15) is 0 Å². The van der Waals surface area contributed by atoms with Gasteiger partial charge in [0.15, 0.2) is 0 Å². The van der Waals surface area contributed by atoms with Crippen LogP contribution < -0.4 is 5.73 Å². The fourth-order valence-corrected chi connectivity index (χ4v) is 1.27. The van der Waals surface area contributed by atoms with Crippen LogP contribution in [0, 0.1) is 6.92 Å². The SMILES string of the molecule is Cc1c(Cl)ncc(CN)c1C(F)F. The minimum absolute atomic E-state index is 0.0463. The van der Waals surface area contributed by atoms with Crippen LogP contribution in [0.1, 0.15) is 23.1 Å². The lowest BCUT2D eigenvalue weighted by molar-refractivity contribution is 0.149. The highest BCUT2D eigenvalue weighted by Crippen LogP contribution is 2.29. The Morgan fingerprint density at radius 2 is 2.23 bits per heavy atom. The van der Waals surface area contributed by atoms with Gasteiger partial charge in [-0.05, 0) is 18.1 Å². The van der Waals surface area contributed by atoms with Crippen LogP contribution in [0.25, 0.3) is 0 Å². The largest absolute Gasteiger partial charge is 0.326 e. The third-order valence-corrected chi connectivity index (χ3v) is 2.21. The summed E-state index contributed by atoms with van der Waals surface area (Å²) in [6.45, 7) is 1.56. The summed E-state index contributed by atoms with van der Waals surface area (Å²) in [5, 5.41) is 0.104. The normalized spacial score (nSPS) is 10.9. The van der Waals surface area contributed by atoms with Crippen molar-refractivity contribution in [2.75, 3.05) is 0 Å². The first kappa shape index (κ1) is 10.3. The van der Waals surface area contributed by atoms with E-state index in [0.29, 0.717) is 11.1 Å². The molecular weight excluding hydrogens is 198 g/mol. The molecule has 0 aliphatic rings. The molecule has 5 heteroatoms. The molecular formula is C8H9ClF2N2. The Hall–Kier alpha value is -0.740. The lowest BCUT2D eigenvalue weighted by atomic mass is 10.1. The van der Waals surface area contributed by atoms with Gasteiger partial charge in [0.05, 0.1) is 0 Å². The quantitative estimate of drug-likeness (QED) is 0.755. The molecule has 1 aromatic rings. The Morgan fingerprint density at radius 1 is 1.62 bits per heavy atom. The van der Waals surface area contributed by atoms with Crippen LogP contribution in [0.15, 0.2) is 6.20 Å². The van der Waals surface area contributed by atoms with Gasteiger partial charge >= 0.3 is 0 Å². The molecule has 0 amide bonds. The molecule has 0 saturated carbocycles. The van der Waals surface area contributed by atoms with Crippen LogP contribution in [0.4, 0.5) is 8.78 Å². The van der Waals surface area contributed by atoms with E-state index in [1.54, 1.807) is 0 Å². The summed E-state index contributed by atoms with van der Waals surface area (Å²) in [6.07, 6.45) is -1.27. The van der Waals surface area contributed by atoms with Crippen molar-refractivity contribution in [1.82, 2.24) is 4.98 Å². The Bertz CT molecular complexity index is 315. The zero-order valence-corrected chi connectivity index (χ0v) is 7.78. The number of hydrogen-bond donors (Lipinski definition) is 1. The fourth-order valence-electron chi connectivity index (χ4n) is 1.12. The predicted molar refractivity (Wildman–Crippen MR) is 46.8 cm³/mol. The van der Waals surface area contributed by atoms with Crippen molar-refractivity contribution in [2.45, 2.75) is 19.9 Å². The van der Waals surface area contributed by atoms with Gasteiger partial charge in [0.1, 0.15) is 5.15 Å². The topological polar surface area (TPSA) is 38.9 Å². The molecule has 0 spiro atoms. The molecule has 0 aliphatic heterocycles. The Balaban J connectivity index is 3.32. The second kappa shape index (κ2) is 3.98. The summed E-state index contributed by atoms with van der Waals surface area (Å²) in [5.41, 5.74) is 5.85. The molecule has 0 fully saturated rings. The van der Waals surface area contributed by atoms with Crippen molar-refractivity contribution in [1.29, 1.82) is 0 Å². The molecule has 72 valence electrons. The molecule has 0 saturated heterocycles. The van der Waals surface area contributed by atoms with Gasteiger partial charge in [-0.25, -0.2) is 13.8 Å². The van der Waals surface area contributed by atoms with Crippen LogP contribution in [0.3, 0.4) is 0 Å². The summed E-state index contributed by atoms with van der Waals surface area (Å²) in [4.78, 5) is 3.74. The van der Waals surface area contributed by atoms with E-state index in [0.717, 1.165) is 0 Å². The van der Waals surface area contributed by atoms with Crippen LogP contribution in [0.2, 0.25) is 5.15 Å². The summed E-state index contributed by atoms with van der Waals surface area (Å²) in [7, 11) is 0. The van der Waals surface area contributed by atoms with Gasteiger partial charge in [-0.3, -0.25) is 0 Å². The summed E-state index contributed by atoms with van der Waals surface area (Å²) < 4.78 is 25.0. The van der Waals surface area contributed by atoms with Crippen LogP contribution in [-0.2, 0) is 6.54 Å². The zero-order chi connectivity index (χ0) is 10.0. The monoisotopic (exact) mass is 206 g/mol. The zero-order valence-electron chi connectivity index (χ0n) is 7.02. The van der Waals surface area contributed by atoms with Crippen molar-refractivity contribution in [3.63, 3.8) is 0 Å². The molecule has 1 aromatic heterocycles. The molecule has 2 N–H and O–H groups in total. The fraction of sp³-hybridized carbons (Fsp3) is 0.375. The Morgan fingerprint density at radius 3 is 2.69 bits per heavy atom. The number of aromatic nitrogens is 1. The molecule has 0 aliphatic carbocycles. The maximum atomic E-state index is 12.5. The molecule has 0 unspecified atom stereocenters. The van der Waals surface area contributed by atoms with E-state index in [9.17, 15) is 8.78 Å². The lowest BCUT2D eigenvalue weighted by Crippen LogP contribution is -2.05. The van der Waals surface area contributed by atoms with E-state index in [1.165, 1.54) is 13.1 Å². The number of halogens is 3. The van der Waals surface area contributed by atoms with Crippen LogP contribution in [-0.4, -0.2) is 4.98 Å². The molecule has 0 bridgehead atoms. The average molecular weight is 207 g/mol. The Kier molecular flexibility index (Phi) is 3.17. The maximum absolute atomic E-state index is 12.5. The molecule has 0 aromatic carbocycles. The smallest absolute Gasteiger partial charge is 0.264 e. The number of rotatable bonds is 2. The van der Waals surface area contributed by atoms with Crippen LogP contribution in [0.5, 0.6) is 0 Å². The van der Waals surface area contributed by atoms with E-state index < -0.39 is 6.43 Å². The first-order valence-electron chi connectivity index (χ1n) is 3.70. The molecule has 2 nitrogen and oxygen atoms in total. The number of nitrogens with zero attached hydrogens (tertiary/aromatic N) is 1. The van der Waals surface area contributed by atoms with Crippen molar-refractivity contribution in [3.05, 3.63) is 28.0 Å².